The van der Waals surface area contributed by atoms with Crippen molar-refractivity contribution in [2.45, 2.75) is 39.0 Å². The summed E-state index contributed by atoms with van der Waals surface area (Å²) in [7, 11) is 0. The van der Waals surface area contributed by atoms with E-state index in [1.54, 1.807) is 0 Å². The van der Waals surface area contributed by atoms with Gasteiger partial charge in [-0.15, -0.1) is 0 Å². The molecule has 3 aromatic rings. The maximum Gasteiger partial charge on any atom is 0.0175 e. The normalized spacial score (nSPS) is 10.8. The highest BCUT2D eigenvalue weighted by Crippen LogP contribution is 2.22. The summed E-state index contributed by atoms with van der Waals surface area (Å²) >= 11 is 3.49. The van der Waals surface area contributed by atoms with E-state index in [1.807, 2.05) is 0 Å². The van der Waals surface area contributed by atoms with Gasteiger partial charge in [-0.25, -0.2) is 0 Å². The maximum atomic E-state index is 3.49. The minimum Gasteiger partial charge on any atom is -0.0654 e. The minimum absolute atomic E-state index is 0.976. The average molecular weight is 393 g/mol. The first-order valence-electron chi connectivity index (χ1n) is 9.17. The predicted octanol–water partition coefficient (Wildman–Crippen LogP) is 7.44. The molecule has 0 heterocycles. The second-order valence-corrected chi connectivity index (χ2v) is 7.57. The van der Waals surface area contributed by atoms with Gasteiger partial charge < -0.3 is 0 Å². The minimum atomic E-state index is 0.976. The highest BCUT2D eigenvalue weighted by Gasteiger charge is 2.01. The van der Waals surface area contributed by atoms with E-state index in [4.69, 9.17) is 0 Å². The Morgan fingerprint density at radius 2 is 1.08 bits per heavy atom. The SMILES string of the molecule is CCCCCc1ccc(-c2ccc(Cc3ccc(Br)cc3)cc2)cc1. The Morgan fingerprint density at radius 3 is 1.60 bits per heavy atom. The van der Waals surface area contributed by atoms with E-state index in [2.05, 4.69) is 95.7 Å². The van der Waals surface area contributed by atoms with Crippen molar-refractivity contribution in [2.75, 3.05) is 0 Å². The highest BCUT2D eigenvalue weighted by molar-refractivity contribution is 9.10. The van der Waals surface area contributed by atoms with Gasteiger partial charge in [0.05, 0.1) is 0 Å². The molecule has 128 valence electrons. The lowest BCUT2D eigenvalue weighted by Gasteiger charge is -2.07. The monoisotopic (exact) mass is 392 g/mol. The molecule has 0 amide bonds. The van der Waals surface area contributed by atoms with Gasteiger partial charge in [-0.3, -0.25) is 0 Å². The Hall–Kier alpha value is -1.86. The molecule has 0 aromatic heterocycles. The van der Waals surface area contributed by atoms with Gasteiger partial charge in [-0.1, -0.05) is 96.4 Å². The zero-order valence-corrected chi connectivity index (χ0v) is 16.4. The van der Waals surface area contributed by atoms with E-state index in [1.165, 1.54) is 53.5 Å². The fraction of sp³-hybridized carbons (Fsp3) is 0.250. The molecule has 0 atom stereocenters. The third kappa shape index (κ3) is 5.31. The Balaban J connectivity index is 1.64. The van der Waals surface area contributed by atoms with E-state index in [0.717, 1.165) is 10.9 Å². The lowest BCUT2D eigenvalue weighted by Crippen LogP contribution is -1.89. The molecule has 0 aliphatic heterocycles. The van der Waals surface area contributed by atoms with Crippen LogP contribution in [-0.4, -0.2) is 0 Å². The van der Waals surface area contributed by atoms with Crippen molar-refractivity contribution in [2.24, 2.45) is 0 Å². The number of aryl methyl sites for hydroxylation is 1. The van der Waals surface area contributed by atoms with Crippen LogP contribution in [0.1, 0.15) is 42.9 Å². The molecule has 0 nitrogen and oxygen atoms in total. The summed E-state index contributed by atoms with van der Waals surface area (Å²) in [5.41, 5.74) is 6.73. The standard InChI is InChI=1S/C24H25Br/c1-2-3-4-5-19-6-12-22(13-7-19)23-14-8-20(9-15-23)18-21-10-16-24(25)17-11-21/h6-17H,2-5,18H2,1H3. The van der Waals surface area contributed by atoms with Gasteiger partial charge in [-0.2, -0.15) is 0 Å². The summed E-state index contributed by atoms with van der Waals surface area (Å²) in [5, 5.41) is 0. The van der Waals surface area contributed by atoms with Crippen molar-refractivity contribution in [3.05, 3.63) is 94.0 Å². The predicted molar refractivity (Wildman–Crippen MR) is 112 cm³/mol. The van der Waals surface area contributed by atoms with E-state index in [-0.39, 0.29) is 0 Å². The summed E-state index contributed by atoms with van der Waals surface area (Å²) in [5.74, 6) is 0. The molecule has 0 aliphatic carbocycles. The van der Waals surface area contributed by atoms with Gasteiger partial charge in [0, 0.05) is 4.47 Å². The van der Waals surface area contributed by atoms with Crippen LogP contribution < -0.4 is 0 Å². The number of hydrogen-bond acceptors (Lipinski definition) is 0. The van der Waals surface area contributed by atoms with E-state index < -0.39 is 0 Å². The summed E-state index contributed by atoms with van der Waals surface area (Å²) < 4.78 is 1.13. The third-order valence-electron chi connectivity index (χ3n) is 4.63. The summed E-state index contributed by atoms with van der Waals surface area (Å²) in [6.07, 6.45) is 6.07. The Kier molecular flexibility index (Phi) is 6.47. The van der Waals surface area contributed by atoms with Gasteiger partial charge in [0.15, 0.2) is 0 Å². The molecule has 0 unspecified atom stereocenters. The van der Waals surface area contributed by atoms with Crippen LogP contribution in [0.4, 0.5) is 0 Å². The Morgan fingerprint density at radius 1 is 0.600 bits per heavy atom. The van der Waals surface area contributed by atoms with Crippen molar-refractivity contribution in [1.82, 2.24) is 0 Å². The average Bonchev–Trinajstić information content (AvgIpc) is 2.65. The van der Waals surface area contributed by atoms with E-state index in [0.29, 0.717) is 0 Å². The third-order valence-corrected chi connectivity index (χ3v) is 5.16. The van der Waals surface area contributed by atoms with Gasteiger partial charge >= 0.3 is 0 Å². The smallest absolute Gasteiger partial charge is 0.0175 e. The Bertz CT molecular complexity index is 768. The van der Waals surface area contributed by atoms with Crippen LogP contribution >= 0.6 is 15.9 Å². The fourth-order valence-corrected chi connectivity index (χ4v) is 3.36. The van der Waals surface area contributed by atoms with Gasteiger partial charge in [-0.05, 0) is 59.2 Å². The van der Waals surface area contributed by atoms with Crippen LogP contribution in [0.25, 0.3) is 11.1 Å². The molecule has 0 spiro atoms. The molecule has 0 fully saturated rings. The second-order valence-electron chi connectivity index (χ2n) is 6.65. The molecule has 1 heteroatoms. The van der Waals surface area contributed by atoms with E-state index in [9.17, 15) is 0 Å². The number of hydrogen-bond donors (Lipinski definition) is 0. The molecule has 0 N–H and O–H groups in total. The first-order chi connectivity index (χ1) is 12.2. The van der Waals surface area contributed by atoms with Gasteiger partial charge in [0.1, 0.15) is 0 Å². The van der Waals surface area contributed by atoms with Crippen molar-refractivity contribution in [1.29, 1.82) is 0 Å². The molecule has 0 bridgehead atoms. The van der Waals surface area contributed by atoms with Crippen molar-refractivity contribution >= 4 is 15.9 Å². The molecular weight excluding hydrogens is 368 g/mol. The molecule has 25 heavy (non-hydrogen) atoms. The Labute approximate surface area is 160 Å². The summed E-state index contributed by atoms with van der Waals surface area (Å²) in [4.78, 5) is 0. The number of halogens is 1. The number of rotatable bonds is 7. The summed E-state index contributed by atoms with van der Waals surface area (Å²) in [6, 6.07) is 26.6. The lowest BCUT2D eigenvalue weighted by atomic mass is 9.99. The second kappa shape index (κ2) is 9.01. The first-order valence-corrected chi connectivity index (χ1v) is 9.96. The largest absolute Gasteiger partial charge is 0.0654 e. The molecule has 0 radical (unpaired) electrons. The summed E-state index contributed by atoms with van der Waals surface area (Å²) in [6.45, 7) is 2.25. The van der Waals surface area contributed by atoms with Crippen LogP contribution in [0.15, 0.2) is 77.3 Å². The van der Waals surface area contributed by atoms with Crippen molar-refractivity contribution < 1.29 is 0 Å². The topological polar surface area (TPSA) is 0 Å². The zero-order valence-electron chi connectivity index (χ0n) is 14.8. The molecule has 0 aliphatic rings. The quantitative estimate of drug-likeness (QED) is 0.366. The van der Waals surface area contributed by atoms with Crippen molar-refractivity contribution in [3.8, 4) is 11.1 Å². The number of unbranched alkanes of at least 4 members (excludes halogenated alkanes) is 2. The maximum absolute atomic E-state index is 3.49. The molecule has 3 aromatic carbocycles. The molecule has 0 saturated heterocycles. The van der Waals surface area contributed by atoms with E-state index >= 15 is 0 Å². The molecular formula is C24H25Br. The van der Waals surface area contributed by atoms with Gasteiger partial charge in [0.2, 0.25) is 0 Å². The van der Waals surface area contributed by atoms with Crippen LogP contribution in [-0.2, 0) is 12.8 Å². The van der Waals surface area contributed by atoms with Gasteiger partial charge in [0.25, 0.3) is 0 Å². The first kappa shape index (κ1) is 17.9. The zero-order chi connectivity index (χ0) is 17.5. The van der Waals surface area contributed by atoms with Crippen LogP contribution in [0.5, 0.6) is 0 Å². The van der Waals surface area contributed by atoms with Crippen LogP contribution in [0.2, 0.25) is 0 Å². The van der Waals surface area contributed by atoms with Crippen LogP contribution in [0, 0.1) is 0 Å². The van der Waals surface area contributed by atoms with Crippen molar-refractivity contribution in [3.63, 3.8) is 0 Å². The molecule has 3 rings (SSSR count). The fourth-order valence-electron chi connectivity index (χ4n) is 3.10. The van der Waals surface area contributed by atoms with Crippen LogP contribution in [0.3, 0.4) is 0 Å². The molecule has 0 saturated carbocycles. The highest BCUT2D eigenvalue weighted by atomic mass is 79.9. The number of benzene rings is 3. The lowest BCUT2D eigenvalue weighted by molar-refractivity contribution is 0.717.